The zero-order valence-corrected chi connectivity index (χ0v) is 9.17. The lowest BCUT2D eigenvalue weighted by Crippen LogP contribution is -2.29. The Morgan fingerprint density at radius 3 is 2.69 bits per heavy atom. The van der Waals surface area contributed by atoms with E-state index in [1.807, 2.05) is 0 Å². The van der Waals surface area contributed by atoms with Crippen LogP contribution in [0.15, 0.2) is 18.3 Å². The van der Waals surface area contributed by atoms with E-state index >= 15 is 0 Å². The SMILES string of the molecule is CNCCN(C)c1ncccc1C(F)(F)F. The van der Waals surface area contributed by atoms with E-state index in [4.69, 9.17) is 0 Å². The van der Waals surface area contributed by atoms with E-state index < -0.39 is 11.7 Å². The predicted octanol–water partition coefficient (Wildman–Crippen LogP) is 1.76. The van der Waals surface area contributed by atoms with E-state index in [0.717, 1.165) is 6.07 Å². The van der Waals surface area contributed by atoms with Gasteiger partial charge in [-0.3, -0.25) is 0 Å². The molecular formula is C10H14F3N3. The van der Waals surface area contributed by atoms with Crippen LogP contribution in [0.25, 0.3) is 0 Å². The molecule has 0 aliphatic carbocycles. The molecule has 6 heteroatoms. The Bertz CT molecular complexity index is 338. The average Bonchev–Trinajstić information content (AvgIpc) is 2.24. The van der Waals surface area contributed by atoms with Gasteiger partial charge in [-0.15, -0.1) is 0 Å². The molecule has 1 heterocycles. The smallest absolute Gasteiger partial charge is 0.358 e. The fraction of sp³-hybridized carbons (Fsp3) is 0.500. The van der Waals surface area contributed by atoms with Crippen molar-refractivity contribution in [1.29, 1.82) is 0 Å². The highest BCUT2D eigenvalue weighted by molar-refractivity contribution is 5.47. The molecule has 0 saturated carbocycles. The van der Waals surface area contributed by atoms with Crippen molar-refractivity contribution in [2.24, 2.45) is 0 Å². The Hall–Kier alpha value is -1.30. The van der Waals surface area contributed by atoms with Crippen LogP contribution in [0.4, 0.5) is 19.0 Å². The number of pyridine rings is 1. The molecule has 1 aromatic rings. The molecule has 1 N–H and O–H groups in total. The summed E-state index contributed by atoms with van der Waals surface area (Å²) in [5, 5.41) is 2.88. The van der Waals surface area contributed by atoms with E-state index in [9.17, 15) is 13.2 Å². The topological polar surface area (TPSA) is 28.2 Å². The zero-order valence-electron chi connectivity index (χ0n) is 9.17. The van der Waals surface area contributed by atoms with E-state index in [1.54, 1.807) is 14.1 Å². The number of nitrogens with zero attached hydrogens (tertiary/aromatic N) is 2. The highest BCUT2D eigenvalue weighted by atomic mass is 19.4. The van der Waals surface area contributed by atoms with Gasteiger partial charge in [-0.25, -0.2) is 4.98 Å². The average molecular weight is 233 g/mol. The minimum Gasteiger partial charge on any atom is -0.358 e. The summed E-state index contributed by atoms with van der Waals surface area (Å²) < 4.78 is 37.9. The Morgan fingerprint density at radius 2 is 2.12 bits per heavy atom. The Kier molecular flexibility index (Phi) is 4.12. The number of alkyl halides is 3. The van der Waals surface area contributed by atoms with Gasteiger partial charge in [0.2, 0.25) is 0 Å². The molecule has 0 saturated heterocycles. The van der Waals surface area contributed by atoms with Gasteiger partial charge in [-0.05, 0) is 19.2 Å². The molecular weight excluding hydrogens is 219 g/mol. The van der Waals surface area contributed by atoms with Gasteiger partial charge in [0.15, 0.2) is 0 Å². The number of nitrogens with one attached hydrogen (secondary N) is 1. The van der Waals surface area contributed by atoms with Crippen LogP contribution in [0.1, 0.15) is 5.56 Å². The van der Waals surface area contributed by atoms with Crippen molar-refractivity contribution >= 4 is 5.82 Å². The van der Waals surface area contributed by atoms with Crippen LogP contribution >= 0.6 is 0 Å². The molecule has 0 radical (unpaired) electrons. The largest absolute Gasteiger partial charge is 0.419 e. The Balaban J connectivity index is 2.94. The van der Waals surface area contributed by atoms with Gasteiger partial charge in [0.05, 0.1) is 5.56 Å². The summed E-state index contributed by atoms with van der Waals surface area (Å²) >= 11 is 0. The summed E-state index contributed by atoms with van der Waals surface area (Å²) in [6.07, 6.45) is -3.00. The lowest BCUT2D eigenvalue weighted by molar-refractivity contribution is -0.137. The first kappa shape index (κ1) is 12.8. The monoisotopic (exact) mass is 233 g/mol. The molecule has 1 aromatic heterocycles. The molecule has 16 heavy (non-hydrogen) atoms. The molecule has 0 fully saturated rings. The van der Waals surface area contributed by atoms with Crippen LogP contribution < -0.4 is 10.2 Å². The maximum Gasteiger partial charge on any atom is 0.419 e. The molecule has 0 atom stereocenters. The van der Waals surface area contributed by atoms with Crippen molar-refractivity contribution in [3.05, 3.63) is 23.9 Å². The second kappa shape index (κ2) is 5.16. The zero-order chi connectivity index (χ0) is 12.2. The summed E-state index contributed by atoms with van der Waals surface area (Å²) in [5.74, 6) is -0.0368. The molecule has 0 bridgehead atoms. The molecule has 0 spiro atoms. The fourth-order valence-electron chi connectivity index (χ4n) is 1.31. The number of anilines is 1. The van der Waals surface area contributed by atoms with Crippen LogP contribution in [-0.2, 0) is 6.18 Å². The van der Waals surface area contributed by atoms with Crippen LogP contribution in [0.5, 0.6) is 0 Å². The summed E-state index contributed by atoms with van der Waals surface area (Å²) in [7, 11) is 3.34. The first-order valence-electron chi connectivity index (χ1n) is 4.84. The van der Waals surface area contributed by atoms with Gasteiger partial charge in [0.1, 0.15) is 5.82 Å². The molecule has 0 aromatic carbocycles. The van der Waals surface area contributed by atoms with Crippen LogP contribution in [0.2, 0.25) is 0 Å². The van der Waals surface area contributed by atoms with Crippen molar-refractivity contribution < 1.29 is 13.2 Å². The molecule has 0 unspecified atom stereocenters. The van der Waals surface area contributed by atoms with Crippen LogP contribution in [0.3, 0.4) is 0 Å². The summed E-state index contributed by atoms with van der Waals surface area (Å²) in [4.78, 5) is 5.26. The maximum atomic E-state index is 12.6. The lowest BCUT2D eigenvalue weighted by Gasteiger charge is -2.21. The van der Waals surface area contributed by atoms with Crippen molar-refractivity contribution in [3.8, 4) is 0 Å². The number of aromatic nitrogens is 1. The van der Waals surface area contributed by atoms with Crippen molar-refractivity contribution in [2.45, 2.75) is 6.18 Å². The van der Waals surface area contributed by atoms with Crippen molar-refractivity contribution in [1.82, 2.24) is 10.3 Å². The standard InChI is InChI=1S/C10H14F3N3/c1-14-6-7-16(2)9-8(10(11,12)13)4-3-5-15-9/h3-5,14H,6-7H2,1-2H3. The third kappa shape index (κ3) is 3.10. The van der Waals surface area contributed by atoms with Gasteiger partial charge in [0.25, 0.3) is 0 Å². The predicted molar refractivity (Wildman–Crippen MR) is 56.4 cm³/mol. The maximum absolute atomic E-state index is 12.6. The molecule has 1 rings (SSSR count). The molecule has 90 valence electrons. The van der Waals surface area contributed by atoms with E-state index in [-0.39, 0.29) is 5.82 Å². The van der Waals surface area contributed by atoms with Gasteiger partial charge >= 0.3 is 6.18 Å². The third-order valence-electron chi connectivity index (χ3n) is 2.15. The highest BCUT2D eigenvalue weighted by Gasteiger charge is 2.34. The van der Waals surface area contributed by atoms with E-state index in [0.29, 0.717) is 13.1 Å². The Morgan fingerprint density at radius 1 is 1.44 bits per heavy atom. The molecule has 0 amide bonds. The number of rotatable bonds is 4. The minimum atomic E-state index is -4.36. The van der Waals surface area contributed by atoms with E-state index in [2.05, 4.69) is 10.3 Å². The van der Waals surface area contributed by atoms with Gasteiger partial charge in [0, 0.05) is 26.3 Å². The number of hydrogen-bond donors (Lipinski definition) is 1. The molecule has 3 nitrogen and oxygen atoms in total. The van der Waals surface area contributed by atoms with Gasteiger partial charge < -0.3 is 10.2 Å². The van der Waals surface area contributed by atoms with Crippen molar-refractivity contribution in [3.63, 3.8) is 0 Å². The van der Waals surface area contributed by atoms with Crippen LogP contribution in [0, 0.1) is 0 Å². The summed E-state index contributed by atoms with van der Waals surface area (Å²) in [6, 6.07) is 2.33. The number of hydrogen-bond acceptors (Lipinski definition) is 3. The first-order chi connectivity index (χ1) is 7.46. The van der Waals surface area contributed by atoms with Gasteiger partial charge in [-0.1, -0.05) is 0 Å². The number of likely N-dealkylation sites (N-methyl/N-ethyl adjacent to an activating group) is 2. The van der Waals surface area contributed by atoms with Crippen molar-refractivity contribution in [2.75, 3.05) is 32.1 Å². The van der Waals surface area contributed by atoms with Gasteiger partial charge in [-0.2, -0.15) is 13.2 Å². The lowest BCUT2D eigenvalue weighted by atomic mass is 10.2. The minimum absolute atomic E-state index is 0.0368. The van der Waals surface area contributed by atoms with Crippen LogP contribution in [-0.4, -0.2) is 32.2 Å². The fourth-order valence-corrected chi connectivity index (χ4v) is 1.31. The summed E-state index contributed by atoms with van der Waals surface area (Å²) in [6.45, 7) is 1.07. The quantitative estimate of drug-likeness (QED) is 0.858. The molecule has 0 aliphatic rings. The normalized spacial score (nSPS) is 11.6. The number of halogens is 3. The molecule has 0 aliphatic heterocycles. The third-order valence-corrected chi connectivity index (χ3v) is 2.15. The highest BCUT2D eigenvalue weighted by Crippen LogP contribution is 2.34. The second-order valence-electron chi connectivity index (χ2n) is 3.40. The first-order valence-corrected chi connectivity index (χ1v) is 4.84. The van der Waals surface area contributed by atoms with E-state index in [1.165, 1.54) is 17.2 Å². The summed E-state index contributed by atoms with van der Waals surface area (Å²) in [5.41, 5.74) is -0.700. The second-order valence-corrected chi connectivity index (χ2v) is 3.40. The Labute approximate surface area is 92.3 Å².